The zero-order chi connectivity index (χ0) is 7.84. The van der Waals surface area contributed by atoms with E-state index >= 15 is 0 Å². The Morgan fingerprint density at radius 3 is 2.64 bits per heavy atom. The molecule has 1 aromatic rings. The Labute approximate surface area is 75.3 Å². The normalized spacial score (nSPS) is 16.9. The summed E-state index contributed by atoms with van der Waals surface area (Å²) in [6.07, 6.45) is 4.09. The second-order valence-electron chi connectivity index (χ2n) is 2.79. The van der Waals surface area contributed by atoms with Crippen molar-refractivity contribution >= 4 is 23.2 Å². The largest absolute Gasteiger partial charge is 0.258 e. The van der Waals surface area contributed by atoms with Gasteiger partial charge in [-0.1, -0.05) is 23.2 Å². The van der Waals surface area contributed by atoms with Gasteiger partial charge in [0.15, 0.2) is 0 Å². The number of halogens is 2. The van der Waals surface area contributed by atoms with Crippen LogP contribution in [0.5, 0.6) is 0 Å². The van der Waals surface area contributed by atoms with Crippen molar-refractivity contribution in [3.63, 3.8) is 0 Å². The van der Waals surface area contributed by atoms with Crippen LogP contribution < -0.4 is 0 Å². The summed E-state index contributed by atoms with van der Waals surface area (Å²) in [5.41, 5.74) is 1.01. The molecule has 0 N–H and O–H groups in total. The molecule has 11 heavy (non-hydrogen) atoms. The predicted molar refractivity (Wildman–Crippen MR) is 46.2 cm³/mol. The summed E-state index contributed by atoms with van der Waals surface area (Å²) in [6, 6.07) is 1.75. The Morgan fingerprint density at radius 1 is 1.36 bits per heavy atom. The van der Waals surface area contributed by atoms with E-state index in [9.17, 15) is 0 Å². The van der Waals surface area contributed by atoms with Crippen LogP contribution in [0.1, 0.15) is 24.5 Å². The van der Waals surface area contributed by atoms with Crippen molar-refractivity contribution in [3.05, 3.63) is 28.0 Å². The highest BCUT2D eigenvalue weighted by Crippen LogP contribution is 2.42. The highest BCUT2D eigenvalue weighted by Gasteiger charge is 2.26. The average molecular weight is 188 g/mol. The first kappa shape index (κ1) is 7.38. The van der Waals surface area contributed by atoms with Gasteiger partial charge in [0, 0.05) is 12.1 Å². The fourth-order valence-electron chi connectivity index (χ4n) is 1.08. The van der Waals surface area contributed by atoms with Gasteiger partial charge in [-0.2, -0.15) is 0 Å². The van der Waals surface area contributed by atoms with Crippen LogP contribution in [-0.2, 0) is 0 Å². The van der Waals surface area contributed by atoms with Gasteiger partial charge in [-0.15, -0.1) is 0 Å². The molecular weight excluding hydrogens is 181 g/mol. The number of hydrogen-bond acceptors (Lipinski definition) is 1. The Balaban J connectivity index is 2.39. The quantitative estimate of drug-likeness (QED) is 0.658. The van der Waals surface area contributed by atoms with Crippen molar-refractivity contribution in [3.8, 4) is 0 Å². The van der Waals surface area contributed by atoms with Crippen molar-refractivity contribution in [2.24, 2.45) is 0 Å². The third-order valence-corrected chi connectivity index (χ3v) is 2.31. The zero-order valence-electron chi connectivity index (χ0n) is 5.85. The molecule has 2 rings (SSSR count). The summed E-state index contributed by atoms with van der Waals surface area (Å²) in [5.74, 6) is 0.597. The molecular formula is C8H7Cl2N. The van der Waals surface area contributed by atoms with E-state index in [1.54, 1.807) is 12.3 Å². The number of rotatable bonds is 1. The van der Waals surface area contributed by atoms with Gasteiger partial charge in [-0.3, -0.25) is 4.98 Å². The van der Waals surface area contributed by atoms with Crippen molar-refractivity contribution in [1.29, 1.82) is 0 Å². The molecule has 0 atom stereocenters. The van der Waals surface area contributed by atoms with Crippen LogP contribution in [0.3, 0.4) is 0 Å². The van der Waals surface area contributed by atoms with Crippen LogP contribution in [0.15, 0.2) is 12.3 Å². The average Bonchev–Trinajstić information content (AvgIpc) is 2.70. The number of aromatic nitrogens is 1. The van der Waals surface area contributed by atoms with Crippen molar-refractivity contribution < 1.29 is 0 Å². The maximum atomic E-state index is 5.92. The van der Waals surface area contributed by atoms with Gasteiger partial charge in [0.1, 0.15) is 0 Å². The van der Waals surface area contributed by atoms with Crippen molar-refractivity contribution in [1.82, 2.24) is 4.98 Å². The van der Waals surface area contributed by atoms with E-state index in [-0.39, 0.29) is 0 Å². The zero-order valence-corrected chi connectivity index (χ0v) is 7.36. The fraction of sp³-hybridized carbons (Fsp3) is 0.375. The van der Waals surface area contributed by atoms with Crippen molar-refractivity contribution in [2.45, 2.75) is 18.8 Å². The SMILES string of the molecule is Clc1cnc(C2CC2)c(Cl)c1. The van der Waals surface area contributed by atoms with E-state index in [2.05, 4.69) is 4.98 Å². The van der Waals surface area contributed by atoms with Gasteiger partial charge in [0.2, 0.25) is 0 Å². The molecule has 1 aliphatic carbocycles. The monoisotopic (exact) mass is 187 g/mol. The summed E-state index contributed by atoms with van der Waals surface area (Å²) >= 11 is 11.6. The first-order chi connectivity index (χ1) is 5.27. The molecule has 1 nitrogen and oxygen atoms in total. The molecule has 1 fully saturated rings. The van der Waals surface area contributed by atoms with Gasteiger partial charge in [0.05, 0.1) is 15.7 Å². The number of hydrogen-bond donors (Lipinski definition) is 0. The van der Waals surface area contributed by atoms with E-state index < -0.39 is 0 Å². The van der Waals surface area contributed by atoms with Crippen LogP contribution in [0.2, 0.25) is 10.0 Å². The van der Waals surface area contributed by atoms with E-state index in [1.165, 1.54) is 12.8 Å². The van der Waals surface area contributed by atoms with E-state index in [0.717, 1.165) is 5.69 Å². The van der Waals surface area contributed by atoms with Crippen LogP contribution >= 0.6 is 23.2 Å². The Morgan fingerprint density at radius 2 is 2.09 bits per heavy atom. The maximum absolute atomic E-state index is 5.92. The maximum Gasteiger partial charge on any atom is 0.0639 e. The number of pyridine rings is 1. The Bertz CT molecular complexity index is 281. The minimum absolute atomic E-state index is 0.597. The summed E-state index contributed by atoms with van der Waals surface area (Å²) in [7, 11) is 0. The molecule has 58 valence electrons. The Kier molecular flexibility index (Phi) is 1.78. The third kappa shape index (κ3) is 1.49. The Hall–Kier alpha value is -0.270. The van der Waals surface area contributed by atoms with Crippen LogP contribution in [0, 0.1) is 0 Å². The lowest BCUT2D eigenvalue weighted by atomic mass is 10.2. The second-order valence-corrected chi connectivity index (χ2v) is 3.64. The molecule has 0 amide bonds. The van der Waals surface area contributed by atoms with Crippen LogP contribution in [0.25, 0.3) is 0 Å². The highest BCUT2D eigenvalue weighted by molar-refractivity contribution is 6.34. The van der Waals surface area contributed by atoms with Gasteiger partial charge >= 0.3 is 0 Å². The molecule has 0 aliphatic heterocycles. The van der Waals surface area contributed by atoms with E-state index in [4.69, 9.17) is 23.2 Å². The minimum atomic E-state index is 0.597. The third-order valence-electron chi connectivity index (χ3n) is 1.80. The van der Waals surface area contributed by atoms with Crippen LogP contribution in [0.4, 0.5) is 0 Å². The van der Waals surface area contributed by atoms with E-state index in [1.807, 2.05) is 0 Å². The molecule has 0 bridgehead atoms. The fourth-order valence-corrected chi connectivity index (χ4v) is 1.62. The molecule has 0 spiro atoms. The lowest BCUT2D eigenvalue weighted by Crippen LogP contribution is -1.86. The summed E-state index contributed by atoms with van der Waals surface area (Å²) in [6.45, 7) is 0. The first-order valence-corrected chi connectivity index (χ1v) is 4.34. The van der Waals surface area contributed by atoms with Crippen molar-refractivity contribution in [2.75, 3.05) is 0 Å². The van der Waals surface area contributed by atoms with Gasteiger partial charge < -0.3 is 0 Å². The minimum Gasteiger partial charge on any atom is -0.258 e. The smallest absolute Gasteiger partial charge is 0.0639 e. The highest BCUT2D eigenvalue weighted by atomic mass is 35.5. The second kappa shape index (κ2) is 2.65. The van der Waals surface area contributed by atoms with Gasteiger partial charge in [-0.25, -0.2) is 0 Å². The standard InChI is InChI=1S/C8H7Cl2N/c9-6-3-7(10)8(11-4-6)5-1-2-5/h3-5H,1-2H2. The van der Waals surface area contributed by atoms with Gasteiger partial charge in [0.25, 0.3) is 0 Å². The first-order valence-electron chi connectivity index (χ1n) is 3.58. The molecule has 1 heterocycles. The topological polar surface area (TPSA) is 12.9 Å². The van der Waals surface area contributed by atoms with Crippen LogP contribution in [-0.4, -0.2) is 4.98 Å². The summed E-state index contributed by atoms with van der Waals surface area (Å²) < 4.78 is 0. The summed E-state index contributed by atoms with van der Waals surface area (Å²) in [4.78, 5) is 4.18. The lowest BCUT2D eigenvalue weighted by Gasteiger charge is -1.99. The predicted octanol–water partition coefficient (Wildman–Crippen LogP) is 3.27. The molecule has 1 aliphatic rings. The number of nitrogens with zero attached hydrogens (tertiary/aromatic N) is 1. The van der Waals surface area contributed by atoms with Gasteiger partial charge in [-0.05, 0) is 18.9 Å². The molecule has 0 radical (unpaired) electrons. The molecule has 3 heteroatoms. The van der Waals surface area contributed by atoms with E-state index in [0.29, 0.717) is 16.0 Å². The lowest BCUT2D eigenvalue weighted by molar-refractivity contribution is 1.02. The molecule has 0 unspecified atom stereocenters. The molecule has 1 aromatic heterocycles. The molecule has 0 saturated heterocycles. The molecule has 1 saturated carbocycles. The molecule has 0 aromatic carbocycles. The summed E-state index contributed by atoms with van der Waals surface area (Å²) in [5, 5.41) is 1.32.